The molecule has 0 saturated heterocycles. The number of aliphatic carboxylic acids is 1. The second kappa shape index (κ2) is 3.65. The summed E-state index contributed by atoms with van der Waals surface area (Å²) < 4.78 is 13.4. The number of fused-ring (bicyclic) bond motifs is 1. The summed E-state index contributed by atoms with van der Waals surface area (Å²) in [5, 5.41) is 8.65. The maximum Gasteiger partial charge on any atom is 0.338 e. The van der Waals surface area contributed by atoms with Crippen molar-refractivity contribution in [1.82, 2.24) is 0 Å². The molecule has 1 aliphatic rings. The number of rotatable bonds is 2. The first-order valence-corrected chi connectivity index (χ1v) is 5.06. The summed E-state index contributed by atoms with van der Waals surface area (Å²) in [6.07, 6.45) is -0.379. The molecule has 3 heteroatoms. The molecule has 1 aromatic rings. The van der Waals surface area contributed by atoms with Gasteiger partial charge in [-0.1, -0.05) is 23.8 Å². The van der Waals surface area contributed by atoms with E-state index in [4.69, 9.17) is 5.11 Å². The van der Waals surface area contributed by atoms with Crippen LogP contribution in [0.3, 0.4) is 0 Å². The highest BCUT2D eigenvalue weighted by atomic mass is 19.1. The quantitative estimate of drug-likeness (QED) is 0.810. The third-order valence-corrected chi connectivity index (χ3v) is 3.01. The number of benzene rings is 1. The molecular formula is C12H13FO2. The van der Waals surface area contributed by atoms with Crippen molar-refractivity contribution in [2.24, 2.45) is 0 Å². The van der Waals surface area contributed by atoms with E-state index in [2.05, 4.69) is 0 Å². The van der Waals surface area contributed by atoms with Gasteiger partial charge in [-0.05, 0) is 30.9 Å². The van der Waals surface area contributed by atoms with E-state index in [1.807, 2.05) is 25.1 Å². The van der Waals surface area contributed by atoms with Gasteiger partial charge in [0.1, 0.15) is 0 Å². The average Bonchev–Trinajstić information content (AvgIpc) is 2.59. The van der Waals surface area contributed by atoms with Crippen molar-refractivity contribution in [2.45, 2.75) is 31.9 Å². The van der Waals surface area contributed by atoms with Crippen LogP contribution in [-0.2, 0) is 11.2 Å². The Bertz CT molecular complexity index is 401. The van der Waals surface area contributed by atoms with Crippen molar-refractivity contribution < 1.29 is 14.3 Å². The van der Waals surface area contributed by atoms with Crippen LogP contribution in [0.4, 0.5) is 4.39 Å². The monoisotopic (exact) mass is 208 g/mol. The SMILES string of the molecule is Cc1ccc2c(c1)CCC2C(F)C(=O)O. The van der Waals surface area contributed by atoms with E-state index < -0.39 is 18.1 Å². The summed E-state index contributed by atoms with van der Waals surface area (Å²) in [7, 11) is 0. The molecule has 2 nitrogen and oxygen atoms in total. The Hall–Kier alpha value is -1.38. The molecule has 1 N–H and O–H groups in total. The largest absolute Gasteiger partial charge is 0.479 e. The number of halogens is 1. The van der Waals surface area contributed by atoms with Gasteiger partial charge in [-0.3, -0.25) is 0 Å². The fraction of sp³-hybridized carbons (Fsp3) is 0.417. The molecule has 0 aliphatic heterocycles. The van der Waals surface area contributed by atoms with Crippen LogP contribution in [0.5, 0.6) is 0 Å². The number of carboxylic acid groups (broad SMARTS) is 1. The highest BCUT2D eigenvalue weighted by molar-refractivity contribution is 5.74. The molecule has 0 amide bonds. The molecule has 2 unspecified atom stereocenters. The minimum Gasteiger partial charge on any atom is -0.479 e. The standard InChI is InChI=1S/C12H13FO2/c1-7-2-4-9-8(6-7)3-5-10(9)11(13)12(14)15/h2,4,6,10-11H,3,5H2,1H3,(H,14,15). The Morgan fingerprint density at radius 2 is 2.33 bits per heavy atom. The number of alkyl halides is 1. The fourth-order valence-electron chi connectivity index (χ4n) is 2.26. The molecule has 0 radical (unpaired) electrons. The molecule has 0 heterocycles. The van der Waals surface area contributed by atoms with Gasteiger partial charge in [0.2, 0.25) is 6.17 Å². The summed E-state index contributed by atoms with van der Waals surface area (Å²) in [6, 6.07) is 5.79. The van der Waals surface area contributed by atoms with E-state index in [9.17, 15) is 9.18 Å². The molecule has 2 atom stereocenters. The first kappa shape index (κ1) is 10.1. The Morgan fingerprint density at radius 1 is 1.60 bits per heavy atom. The van der Waals surface area contributed by atoms with Gasteiger partial charge in [0.05, 0.1) is 0 Å². The van der Waals surface area contributed by atoms with E-state index >= 15 is 0 Å². The van der Waals surface area contributed by atoms with Crippen LogP contribution in [0.2, 0.25) is 0 Å². The van der Waals surface area contributed by atoms with Crippen molar-refractivity contribution in [2.75, 3.05) is 0 Å². The Labute approximate surface area is 87.7 Å². The molecule has 0 saturated carbocycles. The van der Waals surface area contributed by atoms with Crippen LogP contribution in [-0.4, -0.2) is 17.2 Å². The van der Waals surface area contributed by atoms with Crippen LogP contribution in [0.1, 0.15) is 29.0 Å². The lowest BCUT2D eigenvalue weighted by Gasteiger charge is -2.13. The molecule has 0 bridgehead atoms. The molecular weight excluding hydrogens is 195 g/mol. The van der Waals surface area contributed by atoms with Gasteiger partial charge in [0.15, 0.2) is 0 Å². The van der Waals surface area contributed by atoms with Crippen molar-refractivity contribution in [3.8, 4) is 0 Å². The lowest BCUT2D eigenvalue weighted by molar-refractivity contribution is -0.143. The average molecular weight is 208 g/mol. The molecule has 0 fully saturated rings. The fourth-order valence-corrected chi connectivity index (χ4v) is 2.26. The van der Waals surface area contributed by atoms with Gasteiger partial charge in [-0.15, -0.1) is 0 Å². The topological polar surface area (TPSA) is 37.3 Å². The summed E-state index contributed by atoms with van der Waals surface area (Å²) >= 11 is 0. The highest BCUT2D eigenvalue weighted by Gasteiger charge is 2.34. The zero-order valence-corrected chi connectivity index (χ0v) is 8.53. The van der Waals surface area contributed by atoms with Gasteiger partial charge in [0, 0.05) is 5.92 Å². The second-order valence-electron chi connectivity index (χ2n) is 4.09. The minimum absolute atomic E-state index is 0.460. The van der Waals surface area contributed by atoms with E-state index in [1.165, 1.54) is 0 Å². The zero-order valence-electron chi connectivity index (χ0n) is 8.53. The van der Waals surface area contributed by atoms with Crippen LogP contribution in [0, 0.1) is 6.92 Å². The molecule has 1 aliphatic carbocycles. The predicted octanol–water partition coefficient (Wildman–Crippen LogP) is 2.45. The van der Waals surface area contributed by atoms with E-state index in [0.29, 0.717) is 6.42 Å². The van der Waals surface area contributed by atoms with Crippen LogP contribution in [0.25, 0.3) is 0 Å². The molecule has 1 aromatic carbocycles. The third-order valence-electron chi connectivity index (χ3n) is 3.01. The predicted molar refractivity (Wildman–Crippen MR) is 54.8 cm³/mol. The summed E-state index contributed by atoms with van der Waals surface area (Å²) in [5.41, 5.74) is 3.11. The Balaban J connectivity index is 2.32. The summed E-state index contributed by atoms with van der Waals surface area (Å²) in [6.45, 7) is 1.98. The van der Waals surface area contributed by atoms with Gasteiger partial charge >= 0.3 is 5.97 Å². The first-order valence-electron chi connectivity index (χ1n) is 5.06. The highest BCUT2D eigenvalue weighted by Crippen LogP contribution is 2.37. The molecule has 0 aromatic heterocycles. The van der Waals surface area contributed by atoms with Crippen molar-refractivity contribution in [1.29, 1.82) is 0 Å². The molecule has 15 heavy (non-hydrogen) atoms. The zero-order chi connectivity index (χ0) is 11.0. The van der Waals surface area contributed by atoms with Crippen LogP contribution >= 0.6 is 0 Å². The molecule has 80 valence electrons. The van der Waals surface area contributed by atoms with Gasteiger partial charge in [0.25, 0.3) is 0 Å². The number of hydrogen-bond acceptors (Lipinski definition) is 1. The first-order chi connectivity index (χ1) is 7.09. The number of aryl methyl sites for hydroxylation is 2. The van der Waals surface area contributed by atoms with Crippen LogP contribution in [0.15, 0.2) is 18.2 Å². The molecule has 2 rings (SSSR count). The van der Waals surface area contributed by atoms with E-state index in [0.717, 1.165) is 23.1 Å². The van der Waals surface area contributed by atoms with Crippen molar-refractivity contribution in [3.05, 3.63) is 34.9 Å². The Morgan fingerprint density at radius 3 is 3.00 bits per heavy atom. The minimum atomic E-state index is -1.77. The smallest absolute Gasteiger partial charge is 0.338 e. The van der Waals surface area contributed by atoms with E-state index in [-0.39, 0.29) is 0 Å². The number of carbonyl (C=O) groups is 1. The Kier molecular flexibility index (Phi) is 2.47. The van der Waals surface area contributed by atoms with Gasteiger partial charge in [-0.25, -0.2) is 9.18 Å². The number of carboxylic acids is 1. The van der Waals surface area contributed by atoms with Gasteiger partial charge in [-0.2, -0.15) is 0 Å². The van der Waals surface area contributed by atoms with Crippen molar-refractivity contribution >= 4 is 5.97 Å². The van der Waals surface area contributed by atoms with Crippen molar-refractivity contribution in [3.63, 3.8) is 0 Å². The van der Waals surface area contributed by atoms with Gasteiger partial charge < -0.3 is 5.11 Å². The molecule has 0 spiro atoms. The maximum absolute atomic E-state index is 13.4. The lowest BCUT2D eigenvalue weighted by atomic mass is 9.95. The van der Waals surface area contributed by atoms with E-state index in [1.54, 1.807) is 0 Å². The summed E-state index contributed by atoms with van der Waals surface area (Å²) in [4.78, 5) is 10.6. The normalized spacial score (nSPS) is 21.1. The maximum atomic E-state index is 13.4. The summed E-state index contributed by atoms with van der Waals surface area (Å²) in [5.74, 6) is -1.81. The van der Waals surface area contributed by atoms with Crippen LogP contribution < -0.4 is 0 Å². The second-order valence-corrected chi connectivity index (χ2v) is 4.09. The third kappa shape index (κ3) is 1.74. The lowest BCUT2D eigenvalue weighted by Crippen LogP contribution is -2.21. The number of hydrogen-bond donors (Lipinski definition) is 1.